The van der Waals surface area contributed by atoms with E-state index in [1.54, 1.807) is 6.92 Å². The van der Waals surface area contributed by atoms with Crippen LogP contribution in [0.5, 0.6) is 0 Å². The quantitative estimate of drug-likeness (QED) is 0.838. The Kier molecular flexibility index (Phi) is 4.98. The van der Waals surface area contributed by atoms with Gasteiger partial charge in [0.15, 0.2) is 0 Å². The second kappa shape index (κ2) is 6.47. The van der Waals surface area contributed by atoms with Crippen LogP contribution in [0.25, 0.3) is 0 Å². The van der Waals surface area contributed by atoms with Crippen molar-refractivity contribution in [1.82, 2.24) is 9.21 Å². The number of halogens is 3. The van der Waals surface area contributed by atoms with Crippen LogP contribution < -0.4 is 0 Å². The van der Waals surface area contributed by atoms with E-state index in [4.69, 9.17) is 5.26 Å². The maximum atomic E-state index is 12.7. The fraction of sp³-hybridized carbons (Fsp3) is 0.500. The first-order chi connectivity index (χ1) is 10.7. The van der Waals surface area contributed by atoms with E-state index in [1.165, 1.54) is 0 Å². The summed E-state index contributed by atoms with van der Waals surface area (Å²) >= 11 is 0. The molecule has 9 heteroatoms. The van der Waals surface area contributed by atoms with Crippen molar-refractivity contribution in [2.24, 2.45) is 0 Å². The molecule has 1 saturated heterocycles. The SMILES string of the molecule is C[C@@H](C#N)N1CCN(S(=O)(=O)c2cccc(C(F)(F)F)c2)CC1. The number of piperazine rings is 1. The lowest BCUT2D eigenvalue weighted by atomic mass is 10.2. The smallest absolute Gasteiger partial charge is 0.286 e. The minimum absolute atomic E-state index is 0.143. The van der Waals surface area contributed by atoms with Crippen molar-refractivity contribution >= 4 is 10.0 Å². The van der Waals surface area contributed by atoms with Gasteiger partial charge in [-0.1, -0.05) is 6.07 Å². The standard InChI is InChI=1S/C14H16F3N3O2S/c1-11(10-18)19-5-7-20(8-6-19)23(21,22)13-4-2-3-12(9-13)14(15,16)17/h2-4,9,11H,5-8H2,1H3/t11-/m0/s1. The van der Waals surface area contributed by atoms with E-state index in [0.717, 1.165) is 22.5 Å². The van der Waals surface area contributed by atoms with Crippen LogP contribution in [0.1, 0.15) is 12.5 Å². The first-order valence-corrected chi connectivity index (χ1v) is 8.41. The second-order valence-corrected chi connectivity index (χ2v) is 7.21. The average molecular weight is 347 g/mol. The molecule has 1 aromatic carbocycles. The van der Waals surface area contributed by atoms with E-state index in [2.05, 4.69) is 6.07 Å². The molecule has 0 amide bonds. The van der Waals surface area contributed by atoms with Crippen molar-refractivity contribution in [3.8, 4) is 6.07 Å². The minimum atomic E-state index is -4.59. The third kappa shape index (κ3) is 3.83. The first-order valence-electron chi connectivity index (χ1n) is 6.97. The number of hydrogen-bond acceptors (Lipinski definition) is 4. The van der Waals surface area contributed by atoms with Gasteiger partial charge >= 0.3 is 6.18 Å². The molecule has 0 N–H and O–H groups in total. The van der Waals surface area contributed by atoms with Crippen molar-refractivity contribution in [3.63, 3.8) is 0 Å². The molecule has 23 heavy (non-hydrogen) atoms. The zero-order chi connectivity index (χ0) is 17.3. The van der Waals surface area contributed by atoms with E-state index in [1.807, 2.05) is 4.90 Å². The van der Waals surface area contributed by atoms with Crippen LogP contribution >= 0.6 is 0 Å². The number of nitrogens with zero attached hydrogens (tertiary/aromatic N) is 3. The number of alkyl halides is 3. The van der Waals surface area contributed by atoms with Gasteiger partial charge in [-0.2, -0.15) is 22.7 Å². The van der Waals surface area contributed by atoms with Gasteiger partial charge < -0.3 is 0 Å². The van der Waals surface area contributed by atoms with Gasteiger partial charge in [0.05, 0.1) is 22.6 Å². The molecule has 1 aliphatic rings. The maximum absolute atomic E-state index is 12.7. The lowest BCUT2D eigenvalue weighted by Gasteiger charge is -2.35. The summed E-state index contributed by atoms with van der Waals surface area (Å²) in [5, 5.41) is 8.87. The summed E-state index contributed by atoms with van der Waals surface area (Å²) in [4.78, 5) is 1.46. The zero-order valence-corrected chi connectivity index (χ0v) is 13.2. The molecule has 1 fully saturated rings. The summed E-state index contributed by atoms with van der Waals surface area (Å²) in [6, 6.07) is 5.49. The molecule has 1 aromatic rings. The third-order valence-electron chi connectivity index (χ3n) is 3.81. The normalized spacial score (nSPS) is 19.3. The first kappa shape index (κ1) is 17.7. The molecule has 1 aliphatic heterocycles. The highest BCUT2D eigenvalue weighted by Crippen LogP contribution is 2.31. The van der Waals surface area contributed by atoms with Crippen molar-refractivity contribution in [2.75, 3.05) is 26.2 Å². The summed E-state index contributed by atoms with van der Waals surface area (Å²) in [7, 11) is -3.98. The Hall–Kier alpha value is -1.63. The maximum Gasteiger partial charge on any atom is 0.416 e. The van der Waals surface area contributed by atoms with Gasteiger partial charge in [0, 0.05) is 26.2 Å². The molecule has 2 rings (SSSR count). The molecule has 0 spiro atoms. The van der Waals surface area contributed by atoms with E-state index in [-0.39, 0.29) is 24.0 Å². The van der Waals surface area contributed by atoms with Gasteiger partial charge in [-0.05, 0) is 25.1 Å². The number of nitriles is 1. The van der Waals surface area contributed by atoms with E-state index in [0.29, 0.717) is 19.2 Å². The molecule has 0 unspecified atom stereocenters. The lowest BCUT2D eigenvalue weighted by Crippen LogP contribution is -2.50. The monoisotopic (exact) mass is 347 g/mol. The number of benzene rings is 1. The van der Waals surface area contributed by atoms with Crippen LogP contribution in [0.3, 0.4) is 0 Å². The molecule has 1 heterocycles. The highest BCUT2D eigenvalue weighted by molar-refractivity contribution is 7.89. The Morgan fingerprint density at radius 3 is 2.35 bits per heavy atom. The van der Waals surface area contributed by atoms with Crippen molar-refractivity contribution in [2.45, 2.75) is 24.0 Å². The predicted octanol–water partition coefficient (Wildman–Crippen LogP) is 1.92. The Morgan fingerprint density at radius 2 is 1.83 bits per heavy atom. The van der Waals surface area contributed by atoms with Crippen LogP contribution in [0.15, 0.2) is 29.2 Å². The van der Waals surface area contributed by atoms with Gasteiger partial charge in [0.1, 0.15) is 0 Å². The van der Waals surface area contributed by atoms with E-state index >= 15 is 0 Å². The molecule has 0 aliphatic carbocycles. The Labute approximate surface area is 133 Å². The largest absolute Gasteiger partial charge is 0.416 e. The summed E-state index contributed by atoms with van der Waals surface area (Å²) < 4.78 is 64.3. The molecule has 0 bridgehead atoms. The molecule has 0 radical (unpaired) electrons. The predicted molar refractivity (Wildman–Crippen MR) is 76.9 cm³/mol. The van der Waals surface area contributed by atoms with Gasteiger partial charge in [-0.3, -0.25) is 4.90 Å². The van der Waals surface area contributed by atoms with Crippen LogP contribution in [-0.2, 0) is 16.2 Å². The topological polar surface area (TPSA) is 64.4 Å². The average Bonchev–Trinajstić information content (AvgIpc) is 2.53. The molecule has 1 atom stereocenters. The Bertz CT molecular complexity index is 705. The summed E-state index contributed by atoms with van der Waals surface area (Å²) in [6.45, 7) is 2.74. The van der Waals surface area contributed by atoms with E-state index < -0.39 is 21.8 Å². The molecule has 126 valence electrons. The van der Waals surface area contributed by atoms with Crippen molar-refractivity contribution in [3.05, 3.63) is 29.8 Å². The van der Waals surface area contributed by atoms with Crippen molar-refractivity contribution in [1.29, 1.82) is 5.26 Å². The van der Waals surface area contributed by atoms with E-state index in [9.17, 15) is 21.6 Å². The molecule has 0 saturated carbocycles. The van der Waals surface area contributed by atoms with Gasteiger partial charge in [0.25, 0.3) is 0 Å². The number of rotatable bonds is 3. The Balaban J connectivity index is 2.19. The van der Waals surface area contributed by atoms with Crippen LogP contribution in [0, 0.1) is 11.3 Å². The molecular weight excluding hydrogens is 331 g/mol. The lowest BCUT2D eigenvalue weighted by molar-refractivity contribution is -0.137. The summed E-state index contributed by atoms with van der Waals surface area (Å²) in [5.74, 6) is 0. The second-order valence-electron chi connectivity index (χ2n) is 5.27. The van der Waals surface area contributed by atoms with Gasteiger partial charge in [0.2, 0.25) is 10.0 Å². The highest BCUT2D eigenvalue weighted by atomic mass is 32.2. The Morgan fingerprint density at radius 1 is 1.22 bits per heavy atom. The fourth-order valence-electron chi connectivity index (χ4n) is 2.39. The van der Waals surface area contributed by atoms with Gasteiger partial charge in [-0.15, -0.1) is 0 Å². The van der Waals surface area contributed by atoms with Crippen LogP contribution in [0.4, 0.5) is 13.2 Å². The summed E-state index contributed by atoms with van der Waals surface area (Å²) in [6.07, 6.45) is -4.59. The number of hydrogen-bond donors (Lipinski definition) is 0. The summed E-state index contributed by atoms with van der Waals surface area (Å²) in [5.41, 5.74) is -0.990. The third-order valence-corrected chi connectivity index (χ3v) is 5.70. The number of sulfonamides is 1. The van der Waals surface area contributed by atoms with Crippen LogP contribution in [0.2, 0.25) is 0 Å². The highest BCUT2D eigenvalue weighted by Gasteiger charge is 2.34. The molecule has 0 aromatic heterocycles. The van der Waals surface area contributed by atoms with Crippen LogP contribution in [-0.4, -0.2) is 49.8 Å². The zero-order valence-electron chi connectivity index (χ0n) is 12.4. The minimum Gasteiger partial charge on any atom is -0.286 e. The molecular formula is C14H16F3N3O2S. The van der Waals surface area contributed by atoms with Gasteiger partial charge in [-0.25, -0.2) is 8.42 Å². The van der Waals surface area contributed by atoms with Crippen molar-refractivity contribution < 1.29 is 21.6 Å². The fourth-order valence-corrected chi connectivity index (χ4v) is 3.86. The molecule has 5 nitrogen and oxygen atoms in total.